The van der Waals surface area contributed by atoms with Gasteiger partial charge < -0.3 is 10.8 Å². The second kappa shape index (κ2) is 4.18. The van der Waals surface area contributed by atoms with Gasteiger partial charge in [-0.25, -0.2) is 0 Å². The molecule has 3 nitrogen and oxygen atoms in total. The molecule has 0 aliphatic carbocycles. The van der Waals surface area contributed by atoms with Gasteiger partial charge in [0.25, 0.3) is 0 Å². The molecule has 0 radical (unpaired) electrons. The summed E-state index contributed by atoms with van der Waals surface area (Å²) in [6.07, 6.45) is 1.79. The number of aryl methyl sites for hydroxylation is 1. The van der Waals surface area contributed by atoms with Crippen LogP contribution in [-0.4, -0.2) is 16.6 Å². The Hall–Kier alpha value is -0.930. The average molecular weight is 166 g/mol. The van der Waals surface area contributed by atoms with Crippen LogP contribution in [0.25, 0.3) is 0 Å². The molecule has 0 saturated heterocycles. The summed E-state index contributed by atoms with van der Waals surface area (Å²) in [5.74, 6) is 0. The first-order valence-corrected chi connectivity index (χ1v) is 4.04. The fourth-order valence-corrected chi connectivity index (χ4v) is 0.982. The highest BCUT2D eigenvalue weighted by Gasteiger charge is 2.06. The third-order valence-corrected chi connectivity index (χ3v) is 1.72. The molecule has 0 bridgehead atoms. The maximum absolute atomic E-state index is 9.47. The highest BCUT2D eigenvalue weighted by molar-refractivity contribution is 5.13. The Bertz CT molecular complexity index is 233. The maximum atomic E-state index is 9.47. The number of aliphatic hydroxyl groups is 1. The molecular formula is C9H14N2O. The summed E-state index contributed by atoms with van der Waals surface area (Å²) in [6, 6.07) is 3.76. The topological polar surface area (TPSA) is 59.1 Å². The van der Waals surface area contributed by atoms with Crippen LogP contribution in [0.15, 0.2) is 18.3 Å². The van der Waals surface area contributed by atoms with Crippen molar-refractivity contribution in [2.45, 2.75) is 19.4 Å². The van der Waals surface area contributed by atoms with Gasteiger partial charge in [-0.05, 0) is 31.5 Å². The van der Waals surface area contributed by atoms with Gasteiger partial charge in [-0.1, -0.05) is 6.07 Å². The Kier molecular flexibility index (Phi) is 3.19. The molecule has 0 unspecified atom stereocenters. The lowest BCUT2D eigenvalue weighted by atomic mass is 10.1. The van der Waals surface area contributed by atoms with Crippen LogP contribution in [0.1, 0.15) is 23.8 Å². The van der Waals surface area contributed by atoms with E-state index in [1.54, 1.807) is 6.20 Å². The van der Waals surface area contributed by atoms with Crippen LogP contribution in [0.5, 0.6) is 0 Å². The highest BCUT2D eigenvalue weighted by Crippen LogP contribution is 2.12. The molecule has 3 N–H and O–H groups in total. The van der Waals surface area contributed by atoms with E-state index < -0.39 is 6.10 Å². The van der Waals surface area contributed by atoms with Gasteiger partial charge in [0, 0.05) is 6.20 Å². The number of nitrogens with zero attached hydrogens (tertiary/aromatic N) is 1. The molecule has 1 heterocycles. The van der Waals surface area contributed by atoms with E-state index in [4.69, 9.17) is 5.73 Å². The standard InChI is InChI=1S/C9H14N2O/c1-7-2-3-8(11-6-7)9(12)4-5-10/h2-3,6,9,12H,4-5,10H2,1H3/t9-/m1/s1. The first-order valence-electron chi connectivity index (χ1n) is 4.04. The Balaban J connectivity index is 2.68. The van der Waals surface area contributed by atoms with Gasteiger partial charge in [0.05, 0.1) is 11.8 Å². The van der Waals surface area contributed by atoms with Crippen molar-refractivity contribution in [3.63, 3.8) is 0 Å². The molecule has 0 saturated carbocycles. The number of hydrogen-bond acceptors (Lipinski definition) is 3. The summed E-state index contributed by atoms with van der Waals surface area (Å²) < 4.78 is 0. The first kappa shape index (κ1) is 9.16. The molecule has 66 valence electrons. The molecule has 1 aromatic rings. The van der Waals surface area contributed by atoms with E-state index in [0.29, 0.717) is 18.7 Å². The van der Waals surface area contributed by atoms with E-state index in [2.05, 4.69) is 4.98 Å². The molecular weight excluding hydrogens is 152 g/mol. The average Bonchev–Trinajstić information content (AvgIpc) is 2.06. The summed E-state index contributed by atoms with van der Waals surface area (Å²) in [5.41, 5.74) is 7.10. The Morgan fingerprint density at radius 1 is 1.58 bits per heavy atom. The molecule has 0 aromatic carbocycles. The third-order valence-electron chi connectivity index (χ3n) is 1.72. The van der Waals surface area contributed by atoms with Crippen molar-refractivity contribution in [2.75, 3.05) is 6.54 Å². The van der Waals surface area contributed by atoms with Gasteiger partial charge in [-0.15, -0.1) is 0 Å². The van der Waals surface area contributed by atoms with Gasteiger partial charge >= 0.3 is 0 Å². The van der Waals surface area contributed by atoms with Gasteiger partial charge in [0.1, 0.15) is 0 Å². The lowest BCUT2D eigenvalue weighted by Crippen LogP contribution is -2.07. The number of nitrogens with two attached hydrogens (primary N) is 1. The predicted molar refractivity (Wildman–Crippen MR) is 47.6 cm³/mol. The van der Waals surface area contributed by atoms with Crippen LogP contribution < -0.4 is 5.73 Å². The van der Waals surface area contributed by atoms with E-state index in [-0.39, 0.29) is 0 Å². The minimum Gasteiger partial charge on any atom is -0.387 e. The highest BCUT2D eigenvalue weighted by atomic mass is 16.3. The van der Waals surface area contributed by atoms with E-state index in [9.17, 15) is 5.11 Å². The van der Waals surface area contributed by atoms with Crippen molar-refractivity contribution >= 4 is 0 Å². The van der Waals surface area contributed by atoms with Crippen LogP contribution in [-0.2, 0) is 0 Å². The first-order chi connectivity index (χ1) is 5.74. The normalized spacial score (nSPS) is 12.9. The molecule has 1 aromatic heterocycles. The fraction of sp³-hybridized carbons (Fsp3) is 0.444. The van der Waals surface area contributed by atoms with E-state index in [1.807, 2.05) is 19.1 Å². The van der Waals surface area contributed by atoms with Crippen molar-refractivity contribution in [1.82, 2.24) is 4.98 Å². The van der Waals surface area contributed by atoms with Crippen molar-refractivity contribution < 1.29 is 5.11 Å². The lowest BCUT2D eigenvalue weighted by molar-refractivity contribution is 0.165. The molecule has 3 heteroatoms. The van der Waals surface area contributed by atoms with Crippen LogP contribution in [0, 0.1) is 6.92 Å². The molecule has 1 atom stereocenters. The maximum Gasteiger partial charge on any atom is 0.0971 e. The van der Waals surface area contributed by atoms with Crippen LogP contribution in [0.3, 0.4) is 0 Å². The largest absolute Gasteiger partial charge is 0.387 e. The number of rotatable bonds is 3. The number of pyridine rings is 1. The summed E-state index contributed by atoms with van der Waals surface area (Å²) in [7, 11) is 0. The zero-order valence-corrected chi connectivity index (χ0v) is 7.20. The second-order valence-electron chi connectivity index (χ2n) is 2.85. The van der Waals surface area contributed by atoms with Gasteiger partial charge in [0.2, 0.25) is 0 Å². The van der Waals surface area contributed by atoms with Crippen LogP contribution >= 0.6 is 0 Å². The fourth-order valence-electron chi connectivity index (χ4n) is 0.982. The van der Waals surface area contributed by atoms with E-state index in [0.717, 1.165) is 5.56 Å². The second-order valence-corrected chi connectivity index (χ2v) is 2.85. The minimum absolute atomic E-state index is 0.483. The Labute approximate surface area is 72.2 Å². The third kappa shape index (κ3) is 2.29. The van der Waals surface area contributed by atoms with Crippen molar-refractivity contribution in [3.05, 3.63) is 29.6 Å². The zero-order chi connectivity index (χ0) is 8.97. The molecule has 0 spiro atoms. The monoisotopic (exact) mass is 166 g/mol. The molecule has 12 heavy (non-hydrogen) atoms. The SMILES string of the molecule is Cc1ccc([C@H](O)CCN)nc1. The molecule has 0 aliphatic rings. The minimum atomic E-state index is -0.518. The molecule has 0 amide bonds. The van der Waals surface area contributed by atoms with Gasteiger partial charge in [-0.3, -0.25) is 4.98 Å². The zero-order valence-electron chi connectivity index (χ0n) is 7.20. The number of aromatic nitrogens is 1. The predicted octanol–water partition coefficient (Wildman–Crippen LogP) is 0.772. The van der Waals surface area contributed by atoms with Crippen molar-refractivity contribution in [2.24, 2.45) is 5.73 Å². The Morgan fingerprint density at radius 3 is 2.83 bits per heavy atom. The van der Waals surface area contributed by atoms with E-state index >= 15 is 0 Å². The van der Waals surface area contributed by atoms with Crippen LogP contribution in [0.2, 0.25) is 0 Å². The van der Waals surface area contributed by atoms with Crippen LogP contribution in [0.4, 0.5) is 0 Å². The molecule has 0 aliphatic heterocycles. The van der Waals surface area contributed by atoms with Gasteiger partial charge in [0.15, 0.2) is 0 Å². The molecule has 0 fully saturated rings. The number of hydrogen-bond donors (Lipinski definition) is 2. The van der Waals surface area contributed by atoms with Crippen molar-refractivity contribution in [1.29, 1.82) is 0 Å². The van der Waals surface area contributed by atoms with Gasteiger partial charge in [-0.2, -0.15) is 0 Å². The Morgan fingerprint density at radius 2 is 2.33 bits per heavy atom. The quantitative estimate of drug-likeness (QED) is 0.697. The smallest absolute Gasteiger partial charge is 0.0971 e. The molecule has 1 rings (SSSR count). The number of aliphatic hydroxyl groups excluding tert-OH is 1. The summed E-state index contributed by atoms with van der Waals surface area (Å²) in [4.78, 5) is 4.09. The van der Waals surface area contributed by atoms with E-state index in [1.165, 1.54) is 0 Å². The summed E-state index contributed by atoms with van der Waals surface area (Å²) in [5, 5.41) is 9.47. The van der Waals surface area contributed by atoms with Crippen molar-refractivity contribution in [3.8, 4) is 0 Å². The summed E-state index contributed by atoms with van der Waals surface area (Å²) in [6.45, 7) is 2.45. The lowest BCUT2D eigenvalue weighted by Gasteiger charge is -2.07. The summed E-state index contributed by atoms with van der Waals surface area (Å²) >= 11 is 0.